The molecule has 0 saturated heterocycles. The summed E-state index contributed by atoms with van der Waals surface area (Å²) in [5.74, 6) is -4.60. The van der Waals surface area contributed by atoms with Crippen LogP contribution in [0.4, 0.5) is 5.69 Å². The molecule has 2 rings (SSSR count). The minimum atomic E-state index is -1.35. The molecule has 0 aliphatic rings. The number of rotatable bonds is 11. The number of aliphatic carboxylic acids is 2. The summed E-state index contributed by atoms with van der Waals surface area (Å²) in [6, 6.07) is 8.57. The molecule has 0 radical (unpaired) electrons. The number of amides is 2. The van der Waals surface area contributed by atoms with E-state index in [1.807, 2.05) is 0 Å². The maximum atomic E-state index is 13.2. The topological polar surface area (TPSA) is 170 Å². The third kappa shape index (κ3) is 7.11. The molecular weight excluding hydrogens is 486 g/mol. The first-order valence-electron chi connectivity index (χ1n) is 10.0. The van der Waals surface area contributed by atoms with Gasteiger partial charge >= 0.3 is 11.9 Å². The molecule has 2 aromatic rings. The summed E-state index contributed by atoms with van der Waals surface area (Å²) < 4.78 is 0. The van der Waals surface area contributed by atoms with Crippen LogP contribution in [0.2, 0.25) is 5.02 Å². The zero-order valence-corrected chi connectivity index (χ0v) is 19.5. The summed E-state index contributed by atoms with van der Waals surface area (Å²) in [5, 5.41) is 32.0. The van der Waals surface area contributed by atoms with E-state index in [1.165, 1.54) is 6.07 Å². The number of para-hydroxylation sites is 1. The average Bonchev–Trinajstić information content (AvgIpc) is 2.79. The predicted molar refractivity (Wildman–Crippen MR) is 129 cm³/mol. The van der Waals surface area contributed by atoms with Crippen LogP contribution in [0.15, 0.2) is 42.5 Å². The van der Waals surface area contributed by atoms with Crippen LogP contribution in [0.1, 0.15) is 12.8 Å². The number of carboxylic acids is 2. The molecule has 0 saturated carbocycles. The number of nitrogens with two attached hydrogens (primary N) is 1. The van der Waals surface area contributed by atoms with E-state index < -0.39 is 42.4 Å². The number of carbonyl (C=O) groups excluding carboxylic acids is 2. The first kappa shape index (κ1) is 27.0. The van der Waals surface area contributed by atoms with Crippen LogP contribution in [0.5, 0.6) is 5.75 Å². The fourth-order valence-corrected chi connectivity index (χ4v) is 3.45. The Morgan fingerprint density at radius 3 is 2.29 bits per heavy atom. The normalized spacial score (nSPS) is 12.4. The van der Waals surface area contributed by atoms with Crippen LogP contribution in [-0.2, 0) is 19.2 Å². The number of hydrogen-bond donors (Lipinski definition) is 6. The summed E-state index contributed by atoms with van der Waals surface area (Å²) in [6.45, 7) is -0.791. The number of nitrogens with one attached hydrogen (secondary N) is 1. The molecule has 2 atom stereocenters. The molecule has 0 aliphatic heterocycles. The molecule has 182 valence electrons. The summed E-state index contributed by atoms with van der Waals surface area (Å²) in [7, 11) is 0. The smallest absolute Gasteiger partial charge is 0.323 e. The van der Waals surface area contributed by atoms with Crippen molar-refractivity contribution >= 4 is 53.7 Å². The molecule has 1 unspecified atom stereocenters. The fourth-order valence-electron chi connectivity index (χ4n) is 3.08. The molecule has 10 nitrogen and oxygen atoms in total. The zero-order chi connectivity index (χ0) is 25.4. The molecular formula is C22H24ClN3O7S. The number of hydrogen-bond acceptors (Lipinski definition) is 7. The summed E-state index contributed by atoms with van der Waals surface area (Å²) in [5.41, 5.74) is 6.23. The largest absolute Gasteiger partial charge is 0.505 e. The molecule has 0 aliphatic carbocycles. The van der Waals surface area contributed by atoms with E-state index in [-0.39, 0.29) is 30.0 Å². The SMILES string of the molecule is NC(CCC(=O)N[C@H](CS)C(=O)N(CC(=O)O)c1cccc(-c2ccc(Cl)cc2)c1O)C(=O)O. The number of carbonyl (C=O) groups is 4. The van der Waals surface area contributed by atoms with E-state index in [2.05, 4.69) is 17.9 Å². The monoisotopic (exact) mass is 509 g/mol. The van der Waals surface area contributed by atoms with Crippen molar-refractivity contribution in [3.63, 3.8) is 0 Å². The zero-order valence-electron chi connectivity index (χ0n) is 17.8. The van der Waals surface area contributed by atoms with Crippen LogP contribution in [-0.4, -0.2) is 63.5 Å². The van der Waals surface area contributed by atoms with Gasteiger partial charge in [-0.15, -0.1) is 0 Å². The molecule has 0 fully saturated rings. The fraction of sp³-hybridized carbons (Fsp3) is 0.273. The van der Waals surface area contributed by atoms with Crippen molar-refractivity contribution in [2.75, 3.05) is 17.2 Å². The average molecular weight is 510 g/mol. The Morgan fingerprint density at radius 1 is 1.09 bits per heavy atom. The van der Waals surface area contributed by atoms with Gasteiger partial charge in [-0.1, -0.05) is 35.9 Å². The Bertz CT molecular complexity index is 1060. The molecule has 0 spiro atoms. The van der Waals surface area contributed by atoms with Gasteiger partial charge in [-0.25, -0.2) is 0 Å². The molecule has 12 heteroatoms. The van der Waals surface area contributed by atoms with Gasteiger partial charge < -0.3 is 26.4 Å². The molecule has 0 heterocycles. The number of thiol groups is 1. The number of phenolic OH excluding ortho intramolecular Hbond substituents is 1. The molecule has 0 aromatic heterocycles. The maximum absolute atomic E-state index is 13.2. The first-order valence-corrected chi connectivity index (χ1v) is 11.1. The van der Waals surface area contributed by atoms with Crippen LogP contribution in [0, 0.1) is 0 Å². The molecule has 6 N–H and O–H groups in total. The Balaban J connectivity index is 2.32. The number of aromatic hydroxyl groups is 1. The number of halogens is 1. The highest BCUT2D eigenvalue weighted by atomic mass is 35.5. The van der Waals surface area contributed by atoms with E-state index in [1.54, 1.807) is 36.4 Å². The van der Waals surface area contributed by atoms with Crippen molar-refractivity contribution in [1.29, 1.82) is 0 Å². The number of anilines is 1. The summed E-state index contributed by atoms with van der Waals surface area (Å²) >= 11 is 9.99. The number of nitrogens with zero attached hydrogens (tertiary/aromatic N) is 1. The minimum absolute atomic E-state index is 0.0752. The third-order valence-electron chi connectivity index (χ3n) is 4.84. The second-order valence-corrected chi connectivity index (χ2v) is 8.09. The van der Waals surface area contributed by atoms with Gasteiger partial charge in [0, 0.05) is 22.8 Å². The highest BCUT2D eigenvalue weighted by Crippen LogP contribution is 2.38. The van der Waals surface area contributed by atoms with Gasteiger partial charge in [-0.2, -0.15) is 12.6 Å². The minimum Gasteiger partial charge on any atom is -0.505 e. The van der Waals surface area contributed by atoms with Gasteiger partial charge in [0.2, 0.25) is 5.91 Å². The van der Waals surface area contributed by atoms with E-state index in [0.717, 1.165) is 4.90 Å². The molecule has 2 amide bonds. The lowest BCUT2D eigenvalue weighted by atomic mass is 10.0. The van der Waals surface area contributed by atoms with Crippen LogP contribution < -0.4 is 16.0 Å². The van der Waals surface area contributed by atoms with Gasteiger partial charge in [0.05, 0.1) is 5.69 Å². The van der Waals surface area contributed by atoms with Crippen molar-refractivity contribution in [3.8, 4) is 16.9 Å². The summed E-state index contributed by atoms with van der Waals surface area (Å²) in [6.07, 6.45) is -0.418. The van der Waals surface area contributed by atoms with Crippen molar-refractivity contribution in [1.82, 2.24) is 5.32 Å². The Hall–Kier alpha value is -3.28. The van der Waals surface area contributed by atoms with Crippen molar-refractivity contribution < 1.29 is 34.5 Å². The van der Waals surface area contributed by atoms with Gasteiger partial charge in [0.1, 0.15) is 24.4 Å². The molecule has 2 aromatic carbocycles. The summed E-state index contributed by atoms with van der Waals surface area (Å²) in [4.78, 5) is 48.6. The molecule has 0 bridgehead atoms. The lowest BCUT2D eigenvalue weighted by Crippen LogP contribution is -2.51. The lowest BCUT2D eigenvalue weighted by molar-refractivity contribution is -0.139. The third-order valence-corrected chi connectivity index (χ3v) is 5.45. The van der Waals surface area contributed by atoms with E-state index in [0.29, 0.717) is 16.1 Å². The van der Waals surface area contributed by atoms with E-state index in [4.69, 9.17) is 22.4 Å². The Kier molecular flexibility index (Phi) is 9.72. The predicted octanol–water partition coefficient (Wildman–Crippen LogP) is 1.74. The first-order chi connectivity index (χ1) is 16.0. The Morgan fingerprint density at radius 2 is 1.74 bits per heavy atom. The van der Waals surface area contributed by atoms with E-state index in [9.17, 15) is 29.4 Å². The van der Waals surface area contributed by atoms with Gasteiger partial charge in [0.25, 0.3) is 5.91 Å². The van der Waals surface area contributed by atoms with Gasteiger partial charge in [0.15, 0.2) is 0 Å². The number of phenols is 1. The second-order valence-electron chi connectivity index (χ2n) is 7.28. The van der Waals surface area contributed by atoms with Gasteiger partial charge in [-0.3, -0.25) is 24.1 Å². The van der Waals surface area contributed by atoms with Crippen LogP contribution >= 0.6 is 24.2 Å². The van der Waals surface area contributed by atoms with Gasteiger partial charge in [-0.05, 0) is 30.2 Å². The van der Waals surface area contributed by atoms with Crippen molar-refractivity contribution in [2.45, 2.75) is 24.9 Å². The van der Waals surface area contributed by atoms with Crippen LogP contribution in [0.3, 0.4) is 0 Å². The Labute approximate surface area is 205 Å². The standard InChI is InChI=1S/C22H24ClN3O7S/c23-13-6-4-12(5-7-13)14-2-1-3-17(20(14)30)26(10-19(28)29)21(31)16(11-34)25-18(27)9-8-15(24)22(32)33/h1-7,15-16,30,34H,8-11,24H2,(H,25,27)(H,28,29)(H,32,33)/t15?,16-/m1/s1. The van der Waals surface area contributed by atoms with Crippen LogP contribution in [0.25, 0.3) is 11.1 Å². The molecule has 34 heavy (non-hydrogen) atoms. The number of carboxylic acid groups (broad SMARTS) is 2. The maximum Gasteiger partial charge on any atom is 0.323 e. The highest BCUT2D eigenvalue weighted by molar-refractivity contribution is 7.80. The quantitative estimate of drug-likeness (QED) is 0.249. The van der Waals surface area contributed by atoms with Crippen molar-refractivity contribution in [3.05, 3.63) is 47.5 Å². The van der Waals surface area contributed by atoms with Crippen molar-refractivity contribution in [2.24, 2.45) is 5.73 Å². The second kappa shape index (κ2) is 12.3. The highest BCUT2D eigenvalue weighted by Gasteiger charge is 2.30. The number of benzene rings is 2. The van der Waals surface area contributed by atoms with E-state index >= 15 is 0 Å². The lowest BCUT2D eigenvalue weighted by Gasteiger charge is -2.27.